The Morgan fingerprint density at radius 3 is 2.33 bits per heavy atom. The van der Waals surface area contributed by atoms with Crippen LogP contribution >= 0.6 is 11.6 Å². The number of alkyl halides is 6. The Balaban J connectivity index is 1.29. The molecule has 2 unspecified atom stereocenters. The Morgan fingerprint density at radius 2 is 1.83 bits per heavy atom. The second kappa shape index (κ2) is 8.51. The van der Waals surface area contributed by atoms with Crippen molar-refractivity contribution in [2.75, 3.05) is 25.0 Å². The van der Waals surface area contributed by atoms with E-state index in [0.29, 0.717) is 31.6 Å². The molecule has 0 radical (unpaired) electrons. The van der Waals surface area contributed by atoms with Crippen molar-refractivity contribution in [3.63, 3.8) is 0 Å². The fraction of sp³-hybridized carbons (Fsp3) is 0.500. The minimum Gasteiger partial charge on any atom is -0.358 e. The van der Waals surface area contributed by atoms with E-state index in [2.05, 4.69) is 9.88 Å². The van der Waals surface area contributed by atoms with Crippen LogP contribution in [0.4, 0.5) is 32.0 Å². The van der Waals surface area contributed by atoms with Crippen molar-refractivity contribution in [2.45, 2.75) is 49.9 Å². The largest absolute Gasteiger partial charge is 0.433 e. The maximum absolute atomic E-state index is 13.0. The number of nitrogens with zero attached hydrogens (tertiary/aromatic N) is 4. The quantitative estimate of drug-likeness (QED) is 0.371. The van der Waals surface area contributed by atoms with Gasteiger partial charge in [-0.15, -0.1) is 0 Å². The van der Waals surface area contributed by atoms with Gasteiger partial charge in [0.15, 0.2) is 0 Å². The maximum atomic E-state index is 13.0. The number of likely N-dealkylation sites (tertiary alicyclic amines) is 2. The molecule has 0 bridgehead atoms. The van der Waals surface area contributed by atoms with E-state index in [0.717, 1.165) is 36.6 Å². The molecule has 2 saturated heterocycles. The highest BCUT2D eigenvalue weighted by Crippen LogP contribution is 2.61. The van der Waals surface area contributed by atoms with E-state index < -0.39 is 23.6 Å². The molecule has 1 aromatic heterocycles. The number of benzene rings is 1. The number of hydrogen-bond donors (Lipinski definition) is 0. The van der Waals surface area contributed by atoms with E-state index in [1.165, 1.54) is 18.3 Å². The molecule has 3 aliphatic rings. The van der Waals surface area contributed by atoms with Gasteiger partial charge in [0.1, 0.15) is 5.69 Å². The fourth-order valence-corrected chi connectivity index (χ4v) is 6.26. The predicted octanol–water partition coefficient (Wildman–Crippen LogP) is 5.60. The lowest BCUT2D eigenvalue weighted by atomic mass is 9.53. The molecule has 1 aromatic carbocycles. The first-order valence-corrected chi connectivity index (χ1v) is 11.8. The van der Waals surface area contributed by atoms with E-state index in [4.69, 9.17) is 11.6 Å². The summed E-state index contributed by atoms with van der Waals surface area (Å²) in [5, 5.41) is -0.00625. The molecular weight excluding hydrogens is 510 g/mol. The molecule has 3 fully saturated rings. The molecule has 3 heterocycles. The van der Waals surface area contributed by atoms with Crippen LogP contribution in [0, 0.1) is 5.41 Å². The summed E-state index contributed by atoms with van der Waals surface area (Å²) in [5.74, 6) is 0.0536. The van der Waals surface area contributed by atoms with Gasteiger partial charge >= 0.3 is 12.4 Å². The van der Waals surface area contributed by atoms with Gasteiger partial charge in [0.05, 0.1) is 28.6 Å². The Bertz CT molecular complexity index is 1150. The fourth-order valence-electron chi connectivity index (χ4n) is 5.94. The predicted molar refractivity (Wildman–Crippen MR) is 120 cm³/mol. The molecule has 1 amide bonds. The van der Waals surface area contributed by atoms with Crippen molar-refractivity contribution in [1.29, 1.82) is 0 Å². The SMILES string of the molecule is CN(c1ccc(C(F)(F)F)cc1Cl)C1CCN1C1N(C=O)CC12CC(c1ccc(C(F)(F)F)nc1)C2. The normalized spacial score (nSPS) is 28.3. The van der Waals surface area contributed by atoms with Crippen LogP contribution in [-0.4, -0.2) is 53.7 Å². The number of pyridine rings is 1. The van der Waals surface area contributed by atoms with Crippen molar-refractivity contribution in [3.8, 4) is 0 Å². The van der Waals surface area contributed by atoms with E-state index in [1.54, 1.807) is 11.9 Å². The van der Waals surface area contributed by atoms with E-state index in [-0.39, 0.29) is 28.7 Å². The molecule has 36 heavy (non-hydrogen) atoms. The monoisotopic (exact) mass is 532 g/mol. The Morgan fingerprint density at radius 1 is 1.11 bits per heavy atom. The highest BCUT2D eigenvalue weighted by atomic mass is 35.5. The molecule has 1 aliphatic carbocycles. The third-order valence-electron chi connectivity index (χ3n) is 7.79. The Kier molecular flexibility index (Phi) is 5.94. The number of halogens is 7. The molecule has 5 rings (SSSR count). The minimum absolute atomic E-state index is 0.00625. The van der Waals surface area contributed by atoms with Gasteiger partial charge in [0.2, 0.25) is 6.41 Å². The zero-order valence-corrected chi connectivity index (χ0v) is 19.9. The standard InChI is InChI=1S/C24H23ClF6N4O/c1-33(18-4-3-16(8-17(18)25)23(26,27)28)20-6-7-35(20)21-22(12-34(21)13-36)9-15(10-22)14-2-5-19(32-11-14)24(29,30)31/h2-5,8,11,13,15,20-21H,6-7,9-10,12H2,1H3. The van der Waals surface area contributed by atoms with Crippen molar-refractivity contribution in [2.24, 2.45) is 5.41 Å². The average molecular weight is 533 g/mol. The summed E-state index contributed by atoms with van der Waals surface area (Å²) in [4.78, 5) is 21.0. The van der Waals surface area contributed by atoms with Gasteiger partial charge < -0.3 is 9.80 Å². The molecule has 0 N–H and O–H groups in total. The van der Waals surface area contributed by atoms with Crippen LogP contribution in [0.3, 0.4) is 0 Å². The van der Waals surface area contributed by atoms with Gasteiger partial charge in [-0.1, -0.05) is 17.7 Å². The van der Waals surface area contributed by atoms with Gasteiger partial charge in [-0.3, -0.25) is 14.7 Å². The van der Waals surface area contributed by atoms with Crippen LogP contribution in [0.25, 0.3) is 0 Å². The topological polar surface area (TPSA) is 39.7 Å². The van der Waals surface area contributed by atoms with Crippen molar-refractivity contribution in [1.82, 2.24) is 14.8 Å². The zero-order valence-electron chi connectivity index (χ0n) is 19.2. The minimum atomic E-state index is -4.49. The first-order valence-electron chi connectivity index (χ1n) is 11.4. The summed E-state index contributed by atoms with van der Waals surface area (Å²) in [7, 11) is 1.76. The third-order valence-corrected chi connectivity index (χ3v) is 8.10. The number of carbonyl (C=O) groups is 1. The molecule has 2 aromatic rings. The van der Waals surface area contributed by atoms with Gasteiger partial charge in [-0.2, -0.15) is 26.3 Å². The summed E-state index contributed by atoms with van der Waals surface area (Å²) >= 11 is 6.20. The zero-order chi connectivity index (χ0) is 26.0. The summed E-state index contributed by atoms with van der Waals surface area (Å²) < 4.78 is 77.5. The van der Waals surface area contributed by atoms with Crippen LogP contribution in [0.1, 0.15) is 42.0 Å². The number of carbonyl (C=O) groups excluding carboxylic acids is 1. The molecule has 5 nitrogen and oxygen atoms in total. The van der Waals surface area contributed by atoms with Crippen LogP contribution in [0.5, 0.6) is 0 Å². The van der Waals surface area contributed by atoms with Gasteiger partial charge in [-0.25, -0.2) is 0 Å². The summed E-state index contributed by atoms with van der Waals surface area (Å²) in [5.41, 5.74) is -0.725. The highest BCUT2D eigenvalue weighted by Gasteiger charge is 2.63. The molecule has 2 aliphatic heterocycles. The molecular formula is C24H23ClF6N4O. The summed E-state index contributed by atoms with van der Waals surface area (Å²) in [6.45, 7) is 1.26. The average Bonchev–Trinajstić information content (AvgIpc) is 2.74. The number of anilines is 1. The number of aromatic nitrogens is 1. The Hall–Kier alpha value is -2.53. The third kappa shape index (κ3) is 4.09. The highest BCUT2D eigenvalue weighted by molar-refractivity contribution is 6.33. The van der Waals surface area contributed by atoms with Gasteiger partial charge in [0, 0.05) is 31.7 Å². The maximum Gasteiger partial charge on any atom is 0.433 e. The first kappa shape index (κ1) is 25.1. The van der Waals surface area contributed by atoms with Crippen LogP contribution in [0.2, 0.25) is 5.02 Å². The molecule has 2 atom stereocenters. The van der Waals surface area contributed by atoms with Gasteiger partial charge in [0.25, 0.3) is 0 Å². The second-order valence-electron chi connectivity index (χ2n) is 9.88. The summed E-state index contributed by atoms with van der Waals surface area (Å²) in [6.07, 6.45) is -5.08. The number of hydrogen-bond acceptors (Lipinski definition) is 4. The molecule has 1 spiro atoms. The lowest BCUT2D eigenvalue weighted by Crippen LogP contribution is -2.78. The lowest BCUT2D eigenvalue weighted by Gasteiger charge is -2.69. The first-order chi connectivity index (χ1) is 16.8. The lowest BCUT2D eigenvalue weighted by molar-refractivity contribution is -0.219. The van der Waals surface area contributed by atoms with Crippen LogP contribution in [-0.2, 0) is 17.1 Å². The van der Waals surface area contributed by atoms with E-state index in [9.17, 15) is 31.1 Å². The van der Waals surface area contributed by atoms with E-state index >= 15 is 0 Å². The van der Waals surface area contributed by atoms with E-state index in [1.807, 2.05) is 4.90 Å². The number of amides is 1. The van der Waals surface area contributed by atoms with Gasteiger partial charge in [-0.05, 0) is 55.0 Å². The van der Waals surface area contributed by atoms with Crippen molar-refractivity contribution in [3.05, 3.63) is 58.4 Å². The number of rotatable bonds is 5. The molecule has 194 valence electrons. The molecule has 1 saturated carbocycles. The van der Waals surface area contributed by atoms with Crippen LogP contribution < -0.4 is 4.90 Å². The second-order valence-corrected chi connectivity index (χ2v) is 10.3. The summed E-state index contributed by atoms with van der Waals surface area (Å²) in [6, 6.07) is 5.72. The van der Waals surface area contributed by atoms with Crippen LogP contribution in [0.15, 0.2) is 36.5 Å². The Labute approximate surface area is 208 Å². The van der Waals surface area contributed by atoms with Crippen molar-refractivity contribution < 1.29 is 31.1 Å². The smallest absolute Gasteiger partial charge is 0.358 e. The van der Waals surface area contributed by atoms with Crippen molar-refractivity contribution >= 4 is 23.7 Å². The molecule has 12 heteroatoms.